The highest BCUT2D eigenvalue weighted by Crippen LogP contribution is 1.89. The predicted molar refractivity (Wildman–Crippen MR) is 22.9 cm³/mol. The van der Waals surface area contributed by atoms with Crippen molar-refractivity contribution >= 4 is 5.82 Å². The Hall–Kier alpha value is -1.26. The first-order valence-corrected chi connectivity index (χ1v) is 1.68. The molecule has 0 atom stereocenters. The molecule has 0 saturated carbocycles. The summed E-state index contributed by atoms with van der Waals surface area (Å²) in [5.41, 5.74) is 6.81. The maximum atomic E-state index is 6.81. The van der Waals surface area contributed by atoms with Crippen LogP contribution in [0.15, 0.2) is 6.20 Å². The highest BCUT2D eigenvalue weighted by Gasteiger charge is 1.88. The molecule has 0 fully saturated rings. The first-order chi connectivity index (χ1) is 3.30. The molecule has 0 aliphatic heterocycles. The molecule has 0 spiro atoms. The molecule has 0 unspecified atom stereocenters. The van der Waals surface area contributed by atoms with E-state index in [2.05, 4.69) is 10.3 Å². The van der Waals surface area contributed by atoms with Gasteiger partial charge in [-0.05, 0) is 5.21 Å². The Balaban J connectivity index is 3.12. The zero-order valence-electron chi connectivity index (χ0n) is 3.50. The van der Waals surface area contributed by atoms with E-state index < -0.39 is 0 Å². The van der Waals surface area contributed by atoms with E-state index in [1.54, 1.807) is 0 Å². The number of hydrogen-bond acceptors (Lipinski definition) is 3. The first kappa shape index (κ1) is 3.91. The number of nitrogens with two attached hydrogens (primary N) is 1. The van der Waals surface area contributed by atoms with E-state index in [-0.39, 0.29) is 5.82 Å². The third-order valence-electron chi connectivity index (χ3n) is 0.575. The molecule has 1 aromatic heterocycles. The minimum absolute atomic E-state index is 0.111. The second kappa shape index (κ2) is 1.11. The second-order valence-electron chi connectivity index (χ2n) is 1.06. The number of hydrogen-bond donors (Lipinski definition) is 1. The molecule has 1 aromatic rings. The van der Waals surface area contributed by atoms with Crippen molar-refractivity contribution in [2.45, 2.75) is 0 Å². The number of nitrogens with zero attached hydrogens (tertiary/aromatic N) is 3. The van der Waals surface area contributed by atoms with Crippen molar-refractivity contribution in [1.82, 2.24) is 20.8 Å². The largest absolute Gasteiger partial charge is 0.320 e. The van der Waals surface area contributed by atoms with Crippen LogP contribution < -0.4 is 11.6 Å². The van der Waals surface area contributed by atoms with Crippen LogP contribution in [0.2, 0.25) is 0 Å². The minimum atomic E-state index is 0.111. The van der Waals surface area contributed by atoms with Gasteiger partial charge in [0.05, 0.1) is 6.20 Å². The molecule has 0 aliphatic rings. The number of rotatable bonds is 0. The molecule has 0 aliphatic carbocycles. The second-order valence-corrected chi connectivity index (χ2v) is 1.06. The van der Waals surface area contributed by atoms with E-state index >= 15 is 0 Å². The monoisotopic (exact) mass is 98.0 g/mol. The van der Waals surface area contributed by atoms with Gasteiger partial charge in [-0.2, -0.15) is 0 Å². The van der Waals surface area contributed by atoms with Crippen molar-refractivity contribution in [1.29, 1.82) is 0 Å². The van der Waals surface area contributed by atoms with Crippen LogP contribution in [-0.2, 0) is 0 Å². The Labute approximate surface area is 39.9 Å². The molecule has 1 radical (unpaired) electrons. The number of aromatic nitrogens is 3. The molecule has 7 heavy (non-hydrogen) atoms. The van der Waals surface area contributed by atoms with Gasteiger partial charge in [0.15, 0.2) is 5.82 Å². The highest BCUT2D eigenvalue weighted by atomic mass is 15.6. The Kier molecular flexibility index (Phi) is 0.619. The third kappa shape index (κ3) is 0.466. The van der Waals surface area contributed by atoms with Crippen molar-refractivity contribution in [3.05, 3.63) is 6.20 Å². The molecule has 5 heteroatoms. The first-order valence-electron chi connectivity index (χ1n) is 1.68. The van der Waals surface area contributed by atoms with Crippen LogP contribution in [0.3, 0.4) is 0 Å². The fraction of sp³-hybridized carbons (Fsp3) is 0. The fourth-order valence-corrected chi connectivity index (χ4v) is 0.243. The van der Waals surface area contributed by atoms with Crippen LogP contribution in [0, 0.1) is 0 Å². The maximum absolute atomic E-state index is 6.81. The van der Waals surface area contributed by atoms with E-state index in [9.17, 15) is 0 Å². The van der Waals surface area contributed by atoms with Crippen LogP contribution in [0.5, 0.6) is 0 Å². The van der Waals surface area contributed by atoms with Gasteiger partial charge in [-0.1, -0.05) is 0 Å². The van der Waals surface area contributed by atoms with Gasteiger partial charge in [0.1, 0.15) is 0 Å². The van der Waals surface area contributed by atoms with Crippen LogP contribution in [0.25, 0.3) is 0 Å². The Morgan fingerprint density at radius 1 is 1.86 bits per heavy atom. The van der Waals surface area contributed by atoms with E-state index in [1.165, 1.54) is 6.20 Å². The Morgan fingerprint density at radius 2 is 2.57 bits per heavy atom. The van der Waals surface area contributed by atoms with Gasteiger partial charge in [0.25, 0.3) is 0 Å². The topological polar surface area (TPSA) is 80.5 Å². The summed E-state index contributed by atoms with van der Waals surface area (Å²) in [6.07, 6.45) is 1.26. The molecule has 1 heterocycles. The Morgan fingerprint density at radius 3 is 2.71 bits per heavy atom. The van der Waals surface area contributed by atoms with Gasteiger partial charge < -0.3 is 5.84 Å². The van der Waals surface area contributed by atoms with Crippen molar-refractivity contribution in [2.24, 2.45) is 0 Å². The summed E-state index contributed by atoms with van der Waals surface area (Å²) in [5.74, 6) is 5.11. The normalized spacial score (nSPS) is 9.14. The van der Waals surface area contributed by atoms with Crippen molar-refractivity contribution in [2.75, 3.05) is 5.84 Å². The average molecular weight is 98.1 g/mol. The van der Waals surface area contributed by atoms with Gasteiger partial charge >= 0.3 is 0 Å². The van der Waals surface area contributed by atoms with Gasteiger partial charge in [-0.25, -0.2) is 0 Å². The zero-order valence-corrected chi connectivity index (χ0v) is 3.50. The molecule has 37 valence electrons. The van der Waals surface area contributed by atoms with E-state index in [0.29, 0.717) is 0 Å². The molecule has 1 rings (SSSR count). The van der Waals surface area contributed by atoms with E-state index in [1.807, 2.05) is 0 Å². The lowest BCUT2D eigenvalue weighted by atomic mass is 10.8. The van der Waals surface area contributed by atoms with Crippen molar-refractivity contribution in [3.63, 3.8) is 0 Å². The lowest BCUT2D eigenvalue weighted by Crippen LogP contribution is -2.09. The summed E-state index contributed by atoms with van der Waals surface area (Å²) in [6.45, 7) is 0. The average Bonchev–Trinajstić information content (AvgIpc) is 1.91. The molecule has 0 amide bonds. The smallest absolute Gasteiger partial charge is 0.186 e. The maximum Gasteiger partial charge on any atom is 0.186 e. The minimum Gasteiger partial charge on any atom is -0.320 e. The zero-order chi connectivity index (χ0) is 5.28. The van der Waals surface area contributed by atoms with Gasteiger partial charge in [-0.15, -0.1) is 9.89 Å². The highest BCUT2D eigenvalue weighted by molar-refractivity contribution is 5.15. The molecular weight excluding hydrogens is 94.1 g/mol. The molecule has 0 saturated heterocycles. The lowest BCUT2D eigenvalue weighted by molar-refractivity contribution is 0.765. The van der Waals surface area contributed by atoms with Gasteiger partial charge in [0, 0.05) is 0 Å². The molecule has 5 nitrogen and oxygen atoms in total. The molecule has 0 bridgehead atoms. The van der Waals surface area contributed by atoms with E-state index in [0.717, 1.165) is 4.79 Å². The summed E-state index contributed by atoms with van der Waals surface area (Å²) in [6, 6.07) is 0. The third-order valence-corrected chi connectivity index (χ3v) is 0.575. The summed E-state index contributed by atoms with van der Waals surface area (Å²) >= 11 is 0. The van der Waals surface area contributed by atoms with Gasteiger partial charge in [-0.3, -0.25) is 5.73 Å². The summed E-state index contributed by atoms with van der Waals surface area (Å²) in [7, 11) is 0. The van der Waals surface area contributed by atoms with Crippen molar-refractivity contribution < 1.29 is 0 Å². The lowest BCUT2D eigenvalue weighted by Gasteiger charge is -1.83. The Bertz CT molecular complexity index is 138. The predicted octanol–water partition coefficient (Wildman–Crippen LogP) is -1.09. The number of nitrogen functional groups attached to an aromatic ring is 1. The standard InChI is InChI=1S/C2H4N5/c3-2-1-5-6-7(2)4/h1,3H,4H2. The van der Waals surface area contributed by atoms with Crippen LogP contribution in [0.4, 0.5) is 5.82 Å². The van der Waals surface area contributed by atoms with Crippen LogP contribution >= 0.6 is 0 Å². The van der Waals surface area contributed by atoms with Crippen molar-refractivity contribution in [3.8, 4) is 0 Å². The number of nitrogens with one attached hydrogen (secondary N) is 1. The molecule has 3 N–H and O–H groups in total. The fourth-order valence-electron chi connectivity index (χ4n) is 0.243. The SMILES string of the molecule is [NH]c1cnnn1N. The van der Waals surface area contributed by atoms with E-state index in [4.69, 9.17) is 11.6 Å². The molecule has 0 aromatic carbocycles. The summed E-state index contributed by atoms with van der Waals surface area (Å²) < 4.78 is 0. The van der Waals surface area contributed by atoms with Gasteiger partial charge in [0.2, 0.25) is 0 Å². The summed E-state index contributed by atoms with van der Waals surface area (Å²) in [5, 5.41) is 6.59. The molecular formula is C2H4N5. The van der Waals surface area contributed by atoms with Crippen LogP contribution in [-0.4, -0.2) is 15.1 Å². The van der Waals surface area contributed by atoms with Crippen LogP contribution in [0.1, 0.15) is 0 Å². The summed E-state index contributed by atoms with van der Waals surface area (Å²) in [4.78, 5) is 0.889. The quantitative estimate of drug-likeness (QED) is 0.418.